The van der Waals surface area contributed by atoms with E-state index in [1.54, 1.807) is 12.1 Å². The quantitative estimate of drug-likeness (QED) is 0.461. The number of hydrogen-bond acceptors (Lipinski definition) is 5. The largest absolute Gasteiger partial charge is 0.452 e. The third-order valence-corrected chi connectivity index (χ3v) is 4.03. The van der Waals surface area contributed by atoms with Crippen molar-refractivity contribution in [3.63, 3.8) is 0 Å². The monoisotopic (exact) mass is 356 g/mol. The molecule has 0 heterocycles. The Bertz CT molecular complexity index is 819. The van der Waals surface area contributed by atoms with Gasteiger partial charge in [-0.3, -0.25) is 14.9 Å². The molecule has 2 aromatic carbocycles. The molecule has 0 aliphatic rings. The number of anilines is 1. The molecular weight excluding hydrogens is 336 g/mol. The first-order valence-electron chi connectivity index (χ1n) is 8.23. The van der Waals surface area contributed by atoms with E-state index in [1.165, 1.54) is 24.3 Å². The summed E-state index contributed by atoms with van der Waals surface area (Å²) in [6.45, 7) is 3.58. The van der Waals surface area contributed by atoms with Gasteiger partial charge in [-0.05, 0) is 30.0 Å². The summed E-state index contributed by atoms with van der Waals surface area (Å²) >= 11 is 0. The number of nitrogens with zero attached hydrogens (tertiary/aromatic N) is 1. The molecule has 0 fully saturated rings. The molecule has 7 nitrogen and oxygen atoms in total. The Labute approximate surface area is 151 Å². The molecule has 2 rings (SSSR count). The fourth-order valence-electron chi connectivity index (χ4n) is 2.46. The second-order valence-electron chi connectivity index (χ2n) is 5.80. The van der Waals surface area contributed by atoms with Crippen molar-refractivity contribution < 1.29 is 19.2 Å². The van der Waals surface area contributed by atoms with Gasteiger partial charge < -0.3 is 10.1 Å². The van der Waals surface area contributed by atoms with Crippen LogP contribution in [0.4, 0.5) is 11.4 Å². The maximum absolute atomic E-state index is 12.1. The number of esters is 1. The van der Waals surface area contributed by atoms with Gasteiger partial charge in [0.05, 0.1) is 4.92 Å². The van der Waals surface area contributed by atoms with E-state index in [4.69, 9.17) is 4.74 Å². The van der Waals surface area contributed by atoms with Gasteiger partial charge in [0, 0.05) is 11.8 Å². The molecule has 0 spiro atoms. The Morgan fingerprint density at radius 1 is 1.15 bits per heavy atom. The normalized spacial score (nSPS) is 11.5. The Morgan fingerprint density at radius 3 is 2.50 bits per heavy atom. The minimum atomic E-state index is -0.914. The van der Waals surface area contributed by atoms with E-state index < -0.39 is 23.4 Å². The van der Waals surface area contributed by atoms with Crippen LogP contribution in [0.25, 0.3) is 0 Å². The van der Waals surface area contributed by atoms with Crippen LogP contribution in [0.5, 0.6) is 0 Å². The second-order valence-corrected chi connectivity index (χ2v) is 5.80. The van der Waals surface area contributed by atoms with Crippen molar-refractivity contribution in [2.75, 3.05) is 11.9 Å². The summed E-state index contributed by atoms with van der Waals surface area (Å²) in [7, 11) is 0. The zero-order chi connectivity index (χ0) is 19.1. The van der Waals surface area contributed by atoms with Crippen molar-refractivity contribution >= 4 is 23.3 Å². The number of benzene rings is 2. The second kappa shape index (κ2) is 8.75. The van der Waals surface area contributed by atoms with E-state index in [1.807, 2.05) is 12.1 Å². The van der Waals surface area contributed by atoms with Gasteiger partial charge in [-0.1, -0.05) is 44.2 Å². The molecule has 0 saturated heterocycles. The lowest BCUT2D eigenvalue weighted by atomic mass is 9.97. The fourth-order valence-corrected chi connectivity index (χ4v) is 2.46. The van der Waals surface area contributed by atoms with E-state index in [-0.39, 0.29) is 17.2 Å². The summed E-state index contributed by atoms with van der Waals surface area (Å²) in [5.41, 5.74) is 1.10. The molecular formula is C19H20N2O5. The number of amides is 1. The first kappa shape index (κ1) is 19.1. The first-order valence-corrected chi connectivity index (χ1v) is 8.23. The molecule has 1 atom stereocenters. The minimum absolute atomic E-state index is 0.190. The van der Waals surface area contributed by atoms with Gasteiger partial charge in [0.15, 0.2) is 6.61 Å². The smallest absolute Gasteiger partial charge is 0.345 e. The third-order valence-electron chi connectivity index (χ3n) is 4.03. The molecule has 0 aliphatic carbocycles. The molecule has 1 N–H and O–H groups in total. The lowest BCUT2D eigenvalue weighted by Gasteiger charge is -2.15. The van der Waals surface area contributed by atoms with E-state index in [9.17, 15) is 19.7 Å². The number of nitro groups is 1. The number of carbonyl (C=O) groups is 2. The predicted octanol–water partition coefficient (Wildman–Crippen LogP) is 3.90. The number of hydrogen-bond donors (Lipinski definition) is 1. The van der Waals surface area contributed by atoms with Gasteiger partial charge in [0.2, 0.25) is 0 Å². The summed E-state index contributed by atoms with van der Waals surface area (Å²) in [5, 5.41) is 13.7. The maximum atomic E-state index is 12.1. The van der Waals surface area contributed by atoms with Crippen LogP contribution in [0, 0.1) is 10.1 Å². The molecule has 2 aromatic rings. The number of nitrogens with one attached hydrogen (secondary N) is 1. The third kappa shape index (κ3) is 4.66. The van der Waals surface area contributed by atoms with Crippen molar-refractivity contribution in [1.29, 1.82) is 0 Å². The Morgan fingerprint density at radius 2 is 1.81 bits per heavy atom. The van der Waals surface area contributed by atoms with Crippen LogP contribution in [-0.2, 0) is 9.53 Å². The summed E-state index contributed by atoms with van der Waals surface area (Å²) in [4.78, 5) is 34.4. The van der Waals surface area contributed by atoms with E-state index >= 15 is 0 Å². The van der Waals surface area contributed by atoms with Crippen LogP contribution in [0.2, 0.25) is 0 Å². The Hall–Kier alpha value is -3.22. The predicted molar refractivity (Wildman–Crippen MR) is 97.2 cm³/mol. The number of carbonyl (C=O) groups excluding carboxylic acids is 2. The van der Waals surface area contributed by atoms with Crippen LogP contribution in [0.15, 0.2) is 48.5 Å². The van der Waals surface area contributed by atoms with Crippen LogP contribution in [0.1, 0.15) is 42.1 Å². The highest BCUT2D eigenvalue weighted by Crippen LogP contribution is 2.26. The van der Waals surface area contributed by atoms with Crippen molar-refractivity contribution in [2.24, 2.45) is 0 Å². The van der Waals surface area contributed by atoms with Gasteiger partial charge in [-0.25, -0.2) is 4.79 Å². The fraction of sp³-hybridized carbons (Fsp3) is 0.263. The molecule has 0 radical (unpaired) electrons. The molecule has 26 heavy (non-hydrogen) atoms. The summed E-state index contributed by atoms with van der Waals surface area (Å²) in [6.07, 6.45) is 0.916. The van der Waals surface area contributed by atoms with Gasteiger partial charge >= 0.3 is 5.97 Å². The van der Waals surface area contributed by atoms with Gasteiger partial charge in [-0.2, -0.15) is 0 Å². The first-order chi connectivity index (χ1) is 12.4. The highest BCUT2D eigenvalue weighted by atomic mass is 16.6. The van der Waals surface area contributed by atoms with Gasteiger partial charge in [0.25, 0.3) is 11.6 Å². The Balaban J connectivity index is 2.02. The topological polar surface area (TPSA) is 98.5 Å². The summed E-state index contributed by atoms with van der Waals surface area (Å²) < 4.78 is 4.92. The molecule has 1 amide bonds. The van der Waals surface area contributed by atoms with Crippen molar-refractivity contribution in [1.82, 2.24) is 0 Å². The zero-order valence-electron chi connectivity index (χ0n) is 14.6. The highest BCUT2D eigenvalue weighted by molar-refractivity contribution is 5.97. The standard InChI is InChI=1S/C19H20N2O5/c1-3-13(2)14-8-4-6-10-16(14)20-18(22)12-26-19(23)15-9-5-7-11-17(15)21(24)25/h4-11,13H,3,12H2,1-2H3,(H,20,22)/t13-/m1/s1. The average molecular weight is 356 g/mol. The SMILES string of the molecule is CC[C@@H](C)c1ccccc1NC(=O)COC(=O)c1ccccc1[N+](=O)[O-]. The molecule has 136 valence electrons. The van der Waals surface area contributed by atoms with Crippen LogP contribution in [0.3, 0.4) is 0 Å². The highest BCUT2D eigenvalue weighted by Gasteiger charge is 2.21. The number of para-hydroxylation sites is 2. The lowest BCUT2D eigenvalue weighted by Crippen LogP contribution is -2.22. The average Bonchev–Trinajstić information content (AvgIpc) is 2.65. The van der Waals surface area contributed by atoms with E-state index in [0.717, 1.165) is 12.0 Å². The molecule has 0 aliphatic heterocycles. The lowest BCUT2D eigenvalue weighted by molar-refractivity contribution is -0.385. The van der Waals surface area contributed by atoms with Crippen LogP contribution in [-0.4, -0.2) is 23.4 Å². The van der Waals surface area contributed by atoms with Crippen molar-refractivity contribution in [3.8, 4) is 0 Å². The molecule has 7 heteroatoms. The molecule has 0 saturated carbocycles. The van der Waals surface area contributed by atoms with Gasteiger partial charge in [-0.15, -0.1) is 0 Å². The van der Waals surface area contributed by atoms with Crippen LogP contribution >= 0.6 is 0 Å². The van der Waals surface area contributed by atoms with Crippen molar-refractivity contribution in [3.05, 3.63) is 69.8 Å². The summed E-state index contributed by atoms with van der Waals surface area (Å²) in [5.74, 6) is -1.16. The number of ether oxygens (including phenoxy) is 1. The molecule has 0 bridgehead atoms. The minimum Gasteiger partial charge on any atom is -0.452 e. The maximum Gasteiger partial charge on any atom is 0.345 e. The van der Waals surface area contributed by atoms with E-state index in [2.05, 4.69) is 19.2 Å². The van der Waals surface area contributed by atoms with Crippen molar-refractivity contribution in [2.45, 2.75) is 26.2 Å². The molecule has 0 aromatic heterocycles. The zero-order valence-corrected chi connectivity index (χ0v) is 14.6. The molecule has 0 unspecified atom stereocenters. The van der Waals surface area contributed by atoms with Gasteiger partial charge in [0.1, 0.15) is 5.56 Å². The Kier molecular flexibility index (Phi) is 6.43. The number of nitro benzene ring substituents is 1. The summed E-state index contributed by atoms with van der Waals surface area (Å²) in [6, 6.07) is 12.9. The number of rotatable bonds is 7. The van der Waals surface area contributed by atoms with E-state index in [0.29, 0.717) is 5.69 Å². The van der Waals surface area contributed by atoms with Crippen LogP contribution < -0.4 is 5.32 Å².